The normalized spacial score (nSPS) is 15.5. The Kier molecular flexibility index (Phi) is 6.42. The number of carbonyl (C=O) groups is 2. The molecule has 0 unspecified atom stereocenters. The molecule has 0 bridgehead atoms. The minimum Gasteiger partial charge on any atom is -0.496 e. The molecular weight excluding hydrogens is 366 g/mol. The number of hydrogen-bond acceptors (Lipinski definition) is 3. The first-order valence-corrected chi connectivity index (χ1v) is 9.90. The highest BCUT2D eigenvalue weighted by Crippen LogP contribution is 2.35. The Morgan fingerprint density at radius 3 is 2.28 bits per heavy atom. The van der Waals surface area contributed by atoms with Gasteiger partial charge in [0, 0.05) is 39.1 Å². The van der Waals surface area contributed by atoms with E-state index in [4.69, 9.17) is 4.74 Å². The topological polar surface area (TPSA) is 61.9 Å². The number of carbonyl (C=O) groups excluding carboxylic acids is 2. The summed E-state index contributed by atoms with van der Waals surface area (Å²) < 4.78 is 5.32. The lowest BCUT2D eigenvalue weighted by atomic mass is 9.72. The van der Waals surface area contributed by atoms with Crippen molar-refractivity contribution in [3.63, 3.8) is 0 Å². The van der Waals surface area contributed by atoms with Gasteiger partial charge in [0.1, 0.15) is 5.75 Å². The highest BCUT2D eigenvalue weighted by Gasteiger charge is 2.38. The van der Waals surface area contributed by atoms with Gasteiger partial charge < -0.3 is 19.9 Å². The number of piperidine rings is 1. The minimum atomic E-state index is -0.206. The third-order valence-corrected chi connectivity index (χ3v) is 5.70. The maximum atomic E-state index is 12.8. The van der Waals surface area contributed by atoms with E-state index in [0.29, 0.717) is 30.9 Å². The van der Waals surface area contributed by atoms with E-state index < -0.39 is 0 Å². The van der Waals surface area contributed by atoms with E-state index in [1.807, 2.05) is 35.2 Å². The van der Waals surface area contributed by atoms with Crippen molar-refractivity contribution in [3.05, 3.63) is 65.7 Å². The highest BCUT2D eigenvalue weighted by atomic mass is 16.5. The molecule has 0 radical (unpaired) electrons. The molecule has 2 aromatic carbocycles. The van der Waals surface area contributed by atoms with Crippen LogP contribution in [0.15, 0.2) is 54.6 Å². The van der Waals surface area contributed by atoms with Gasteiger partial charge >= 0.3 is 6.03 Å². The van der Waals surface area contributed by atoms with Crippen molar-refractivity contribution in [1.29, 1.82) is 0 Å². The van der Waals surface area contributed by atoms with Crippen LogP contribution in [0.1, 0.15) is 28.8 Å². The molecule has 0 aromatic heterocycles. The molecule has 2 aromatic rings. The Balaban J connectivity index is 1.77. The minimum absolute atomic E-state index is 0.0321. The molecular formula is C23H29N3O3. The largest absolute Gasteiger partial charge is 0.496 e. The van der Waals surface area contributed by atoms with Crippen LogP contribution >= 0.6 is 0 Å². The molecule has 1 fully saturated rings. The predicted molar refractivity (Wildman–Crippen MR) is 113 cm³/mol. The average molecular weight is 396 g/mol. The standard InChI is InChI=1S/C23H29N3O3/c1-25(2)22(28)26-15-13-23(14-16-26,18-9-5-4-6-10-18)17-24-21(27)19-11-7-8-12-20(19)29-3/h4-12H,13-17H2,1-3H3,(H,24,27). The number of hydrogen-bond donors (Lipinski definition) is 1. The third kappa shape index (κ3) is 4.53. The number of rotatable bonds is 5. The van der Waals surface area contributed by atoms with Gasteiger partial charge in [-0.2, -0.15) is 0 Å². The molecule has 154 valence electrons. The fourth-order valence-corrected chi connectivity index (χ4v) is 3.95. The van der Waals surface area contributed by atoms with Crippen LogP contribution in [0.5, 0.6) is 5.75 Å². The summed E-state index contributed by atoms with van der Waals surface area (Å²) in [5.41, 5.74) is 1.51. The summed E-state index contributed by atoms with van der Waals surface area (Å²) in [5, 5.41) is 3.12. The molecule has 29 heavy (non-hydrogen) atoms. The lowest BCUT2D eigenvalue weighted by molar-refractivity contribution is 0.0918. The van der Waals surface area contributed by atoms with Crippen molar-refractivity contribution >= 4 is 11.9 Å². The lowest BCUT2D eigenvalue weighted by Gasteiger charge is -2.43. The summed E-state index contributed by atoms with van der Waals surface area (Å²) in [5.74, 6) is 0.412. The first-order valence-electron chi connectivity index (χ1n) is 9.90. The summed E-state index contributed by atoms with van der Waals surface area (Å²) in [6.45, 7) is 1.84. The molecule has 0 atom stereocenters. The zero-order valence-electron chi connectivity index (χ0n) is 17.4. The second kappa shape index (κ2) is 8.99. The third-order valence-electron chi connectivity index (χ3n) is 5.70. The van der Waals surface area contributed by atoms with Crippen molar-refractivity contribution in [1.82, 2.24) is 15.1 Å². The Morgan fingerprint density at radius 1 is 1.03 bits per heavy atom. The summed E-state index contributed by atoms with van der Waals surface area (Å²) in [6.07, 6.45) is 1.59. The van der Waals surface area contributed by atoms with Crippen molar-refractivity contribution in [2.45, 2.75) is 18.3 Å². The number of amides is 3. The maximum absolute atomic E-state index is 12.8. The Morgan fingerprint density at radius 2 is 1.66 bits per heavy atom. The van der Waals surface area contributed by atoms with E-state index in [2.05, 4.69) is 17.4 Å². The predicted octanol–water partition coefficient (Wildman–Crippen LogP) is 3.14. The summed E-state index contributed by atoms with van der Waals surface area (Å²) in [7, 11) is 5.11. The molecule has 6 nitrogen and oxygen atoms in total. The van der Waals surface area contributed by atoms with Gasteiger partial charge in [0.05, 0.1) is 12.7 Å². The fraction of sp³-hybridized carbons (Fsp3) is 0.391. The van der Waals surface area contributed by atoms with E-state index in [1.165, 1.54) is 5.56 Å². The number of para-hydroxylation sites is 1. The van der Waals surface area contributed by atoms with Crippen molar-refractivity contribution in [2.24, 2.45) is 0 Å². The smallest absolute Gasteiger partial charge is 0.319 e. The maximum Gasteiger partial charge on any atom is 0.319 e. The van der Waals surface area contributed by atoms with Crippen LogP contribution in [0.3, 0.4) is 0 Å². The van der Waals surface area contributed by atoms with E-state index >= 15 is 0 Å². The molecule has 3 amide bonds. The molecule has 0 spiro atoms. The van der Waals surface area contributed by atoms with Gasteiger partial charge in [0.25, 0.3) is 5.91 Å². The zero-order chi connectivity index (χ0) is 20.9. The van der Waals surface area contributed by atoms with Crippen LogP contribution in [0, 0.1) is 0 Å². The van der Waals surface area contributed by atoms with E-state index in [1.54, 1.807) is 38.2 Å². The quantitative estimate of drug-likeness (QED) is 0.846. The number of benzene rings is 2. The molecule has 1 aliphatic heterocycles. The molecule has 0 saturated carbocycles. The van der Waals surface area contributed by atoms with Gasteiger partial charge in [-0.3, -0.25) is 4.79 Å². The molecule has 1 N–H and O–H groups in total. The number of nitrogens with one attached hydrogen (secondary N) is 1. The number of urea groups is 1. The second-order valence-electron chi connectivity index (χ2n) is 7.69. The number of nitrogens with zero attached hydrogens (tertiary/aromatic N) is 2. The van der Waals surface area contributed by atoms with Crippen molar-refractivity contribution in [3.8, 4) is 5.75 Å². The number of likely N-dealkylation sites (tertiary alicyclic amines) is 1. The second-order valence-corrected chi connectivity index (χ2v) is 7.69. The summed E-state index contributed by atoms with van der Waals surface area (Å²) in [4.78, 5) is 28.7. The molecule has 1 heterocycles. The van der Waals surface area contributed by atoms with Crippen LogP contribution in [0.2, 0.25) is 0 Å². The summed E-state index contributed by atoms with van der Waals surface area (Å²) >= 11 is 0. The molecule has 6 heteroatoms. The number of methoxy groups -OCH3 is 1. The van der Waals surface area contributed by atoms with E-state index in [0.717, 1.165) is 12.8 Å². The van der Waals surface area contributed by atoms with Gasteiger partial charge in [-0.15, -0.1) is 0 Å². The Labute approximate surface area is 172 Å². The highest BCUT2D eigenvalue weighted by molar-refractivity contribution is 5.97. The average Bonchev–Trinajstić information content (AvgIpc) is 2.77. The fourth-order valence-electron chi connectivity index (χ4n) is 3.95. The van der Waals surface area contributed by atoms with Gasteiger partial charge in [-0.05, 0) is 30.5 Å². The van der Waals surface area contributed by atoms with Gasteiger partial charge in [0.2, 0.25) is 0 Å². The van der Waals surface area contributed by atoms with Gasteiger partial charge in [-0.1, -0.05) is 42.5 Å². The molecule has 1 aliphatic rings. The SMILES string of the molecule is COc1ccccc1C(=O)NCC1(c2ccccc2)CCN(C(=O)N(C)C)CC1. The Hall–Kier alpha value is -3.02. The molecule has 1 saturated heterocycles. The first kappa shape index (κ1) is 20.7. The van der Waals surface area contributed by atoms with Crippen molar-refractivity contribution in [2.75, 3.05) is 40.8 Å². The summed E-state index contributed by atoms with van der Waals surface area (Å²) in [6, 6.07) is 17.5. The molecule has 0 aliphatic carbocycles. The zero-order valence-corrected chi connectivity index (χ0v) is 17.4. The molecule has 3 rings (SSSR count). The lowest BCUT2D eigenvalue weighted by Crippen LogP contribution is -2.52. The van der Waals surface area contributed by atoms with Gasteiger partial charge in [0.15, 0.2) is 0 Å². The van der Waals surface area contributed by atoms with Crippen LogP contribution in [-0.4, -0.2) is 62.6 Å². The number of ether oxygens (including phenoxy) is 1. The van der Waals surface area contributed by atoms with Crippen LogP contribution in [0.25, 0.3) is 0 Å². The van der Waals surface area contributed by atoms with Gasteiger partial charge in [-0.25, -0.2) is 4.79 Å². The van der Waals surface area contributed by atoms with Crippen LogP contribution < -0.4 is 10.1 Å². The first-order chi connectivity index (χ1) is 14.0. The van der Waals surface area contributed by atoms with Crippen molar-refractivity contribution < 1.29 is 14.3 Å². The van der Waals surface area contributed by atoms with Crippen LogP contribution in [-0.2, 0) is 5.41 Å². The van der Waals surface area contributed by atoms with E-state index in [9.17, 15) is 9.59 Å². The Bertz CT molecular complexity index is 843. The monoisotopic (exact) mass is 395 g/mol. The van der Waals surface area contributed by atoms with E-state index in [-0.39, 0.29) is 17.4 Å². The van der Waals surface area contributed by atoms with Crippen LogP contribution in [0.4, 0.5) is 4.79 Å².